The maximum Gasteiger partial charge on any atom is 0.222 e. The van der Waals surface area contributed by atoms with E-state index in [9.17, 15) is 4.79 Å². The molecule has 2 N–H and O–H groups in total. The predicted molar refractivity (Wildman–Crippen MR) is 66.2 cm³/mol. The van der Waals surface area contributed by atoms with E-state index in [4.69, 9.17) is 5.73 Å². The molecule has 0 unspecified atom stereocenters. The van der Waals surface area contributed by atoms with Crippen molar-refractivity contribution in [3.8, 4) is 0 Å². The Morgan fingerprint density at radius 2 is 1.94 bits per heavy atom. The fourth-order valence-electron chi connectivity index (χ4n) is 1.88. The molecule has 4 nitrogen and oxygen atoms in total. The second kappa shape index (κ2) is 5.64. The number of nitrogens with zero attached hydrogens (tertiary/aromatic N) is 2. The zero-order valence-electron chi connectivity index (χ0n) is 10.8. The lowest BCUT2D eigenvalue weighted by Crippen LogP contribution is -2.37. The van der Waals surface area contributed by atoms with E-state index in [2.05, 4.69) is 11.9 Å². The highest BCUT2D eigenvalue weighted by molar-refractivity contribution is 5.76. The molecule has 0 spiro atoms. The summed E-state index contributed by atoms with van der Waals surface area (Å²) in [5.41, 5.74) is 5.65. The van der Waals surface area contributed by atoms with E-state index >= 15 is 0 Å². The molecule has 1 aliphatic heterocycles. The summed E-state index contributed by atoms with van der Waals surface area (Å²) >= 11 is 0. The lowest BCUT2D eigenvalue weighted by atomic mass is 10.00. The van der Waals surface area contributed by atoms with Crippen LogP contribution in [0.15, 0.2) is 0 Å². The Morgan fingerprint density at radius 1 is 1.25 bits per heavy atom. The molecule has 0 aromatic heterocycles. The minimum Gasteiger partial charge on any atom is -0.341 e. The lowest BCUT2D eigenvalue weighted by Gasteiger charge is -2.23. The largest absolute Gasteiger partial charge is 0.341 e. The Morgan fingerprint density at radius 3 is 2.56 bits per heavy atom. The monoisotopic (exact) mass is 227 g/mol. The molecule has 1 amide bonds. The molecule has 4 heteroatoms. The van der Waals surface area contributed by atoms with E-state index in [-0.39, 0.29) is 11.4 Å². The highest BCUT2D eigenvalue weighted by Crippen LogP contribution is 2.10. The first kappa shape index (κ1) is 13.5. The van der Waals surface area contributed by atoms with Crippen molar-refractivity contribution in [2.45, 2.75) is 38.6 Å². The SMILES string of the molecule is CN1CCCN(C(=O)CCC(C)(C)N)CC1. The average Bonchev–Trinajstić information content (AvgIpc) is 2.38. The first-order valence-electron chi connectivity index (χ1n) is 6.14. The van der Waals surface area contributed by atoms with Crippen LogP contribution in [0.4, 0.5) is 0 Å². The Hall–Kier alpha value is -0.610. The number of hydrogen-bond acceptors (Lipinski definition) is 3. The Balaban J connectivity index is 2.35. The third kappa shape index (κ3) is 4.94. The third-order valence-electron chi connectivity index (χ3n) is 3.06. The normalized spacial score (nSPS) is 19.6. The maximum atomic E-state index is 12.0. The molecule has 16 heavy (non-hydrogen) atoms. The molecular weight excluding hydrogens is 202 g/mol. The topological polar surface area (TPSA) is 49.6 Å². The van der Waals surface area contributed by atoms with Crippen molar-refractivity contribution in [2.75, 3.05) is 33.2 Å². The van der Waals surface area contributed by atoms with Crippen LogP contribution < -0.4 is 5.73 Å². The first-order valence-corrected chi connectivity index (χ1v) is 6.14. The maximum absolute atomic E-state index is 12.0. The van der Waals surface area contributed by atoms with Crippen molar-refractivity contribution in [3.05, 3.63) is 0 Å². The van der Waals surface area contributed by atoms with Crippen molar-refractivity contribution in [1.82, 2.24) is 9.80 Å². The summed E-state index contributed by atoms with van der Waals surface area (Å²) in [5, 5.41) is 0. The van der Waals surface area contributed by atoms with Crippen LogP contribution in [0.25, 0.3) is 0 Å². The quantitative estimate of drug-likeness (QED) is 0.771. The van der Waals surface area contributed by atoms with Crippen LogP contribution in [-0.4, -0.2) is 54.5 Å². The number of hydrogen-bond donors (Lipinski definition) is 1. The average molecular weight is 227 g/mol. The van der Waals surface area contributed by atoms with Crippen molar-refractivity contribution >= 4 is 5.91 Å². The van der Waals surface area contributed by atoms with Gasteiger partial charge in [0.15, 0.2) is 0 Å². The van der Waals surface area contributed by atoms with Crippen LogP contribution in [0, 0.1) is 0 Å². The molecule has 0 atom stereocenters. The van der Waals surface area contributed by atoms with Gasteiger partial charge in [-0.1, -0.05) is 0 Å². The highest BCUT2D eigenvalue weighted by Gasteiger charge is 2.19. The van der Waals surface area contributed by atoms with Crippen molar-refractivity contribution in [2.24, 2.45) is 5.73 Å². The van der Waals surface area contributed by atoms with E-state index in [1.165, 1.54) is 0 Å². The summed E-state index contributed by atoms with van der Waals surface area (Å²) in [5.74, 6) is 0.258. The van der Waals surface area contributed by atoms with E-state index in [1.54, 1.807) is 0 Å². The number of rotatable bonds is 3. The predicted octanol–water partition coefficient (Wildman–Crippen LogP) is 0.668. The fourth-order valence-corrected chi connectivity index (χ4v) is 1.88. The Bertz CT molecular complexity index is 235. The molecule has 1 aliphatic rings. The van der Waals surface area contributed by atoms with Crippen LogP contribution in [0.1, 0.15) is 33.1 Å². The summed E-state index contributed by atoms with van der Waals surface area (Å²) < 4.78 is 0. The Labute approximate surface area is 98.8 Å². The van der Waals surface area contributed by atoms with Crippen LogP contribution in [0.3, 0.4) is 0 Å². The van der Waals surface area contributed by atoms with Gasteiger partial charge < -0.3 is 15.5 Å². The highest BCUT2D eigenvalue weighted by atomic mass is 16.2. The molecule has 1 rings (SSSR count). The van der Waals surface area contributed by atoms with Gasteiger partial charge in [0, 0.05) is 31.6 Å². The van der Waals surface area contributed by atoms with Gasteiger partial charge in [0.1, 0.15) is 0 Å². The summed E-state index contributed by atoms with van der Waals surface area (Å²) in [4.78, 5) is 16.2. The number of carbonyl (C=O) groups is 1. The van der Waals surface area contributed by atoms with Gasteiger partial charge in [0.05, 0.1) is 0 Å². The van der Waals surface area contributed by atoms with Gasteiger partial charge in [-0.2, -0.15) is 0 Å². The number of nitrogens with two attached hydrogens (primary N) is 1. The summed E-state index contributed by atoms with van der Waals surface area (Å²) in [7, 11) is 2.11. The number of amides is 1. The summed E-state index contributed by atoms with van der Waals surface area (Å²) in [6.45, 7) is 7.77. The fraction of sp³-hybridized carbons (Fsp3) is 0.917. The molecule has 0 aliphatic carbocycles. The molecule has 94 valence electrons. The van der Waals surface area contributed by atoms with Gasteiger partial charge in [-0.15, -0.1) is 0 Å². The second-order valence-electron chi connectivity index (χ2n) is 5.53. The van der Waals surface area contributed by atoms with Crippen LogP contribution >= 0.6 is 0 Å². The second-order valence-corrected chi connectivity index (χ2v) is 5.53. The van der Waals surface area contributed by atoms with Gasteiger partial charge in [-0.3, -0.25) is 4.79 Å². The van der Waals surface area contributed by atoms with Crippen molar-refractivity contribution < 1.29 is 4.79 Å². The molecule has 0 saturated carbocycles. The molecule has 0 aromatic carbocycles. The zero-order chi connectivity index (χ0) is 12.2. The first-order chi connectivity index (χ1) is 7.38. The van der Waals surface area contributed by atoms with Crippen LogP contribution in [-0.2, 0) is 4.79 Å². The molecule has 1 fully saturated rings. The summed E-state index contributed by atoms with van der Waals surface area (Å²) in [6.07, 6.45) is 2.42. The zero-order valence-corrected chi connectivity index (χ0v) is 10.8. The van der Waals surface area contributed by atoms with Gasteiger partial charge in [-0.25, -0.2) is 0 Å². The summed E-state index contributed by atoms with van der Waals surface area (Å²) in [6, 6.07) is 0. The molecule has 1 saturated heterocycles. The molecular formula is C12H25N3O. The van der Waals surface area contributed by atoms with Crippen molar-refractivity contribution in [1.29, 1.82) is 0 Å². The number of carbonyl (C=O) groups excluding carboxylic acids is 1. The molecule has 0 radical (unpaired) electrons. The molecule has 1 heterocycles. The number of likely N-dealkylation sites (N-methyl/N-ethyl adjacent to an activating group) is 1. The molecule has 0 aromatic rings. The van der Waals surface area contributed by atoms with Gasteiger partial charge in [-0.05, 0) is 40.3 Å². The third-order valence-corrected chi connectivity index (χ3v) is 3.06. The van der Waals surface area contributed by atoms with Gasteiger partial charge in [0.25, 0.3) is 0 Å². The van der Waals surface area contributed by atoms with Crippen molar-refractivity contribution in [3.63, 3.8) is 0 Å². The van der Waals surface area contributed by atoms with E-state index in [0.29, 0.717) is 6.42 Å². The lowest BCUT2D eigenvalue weighted by molar-refractivity contribution is -0.131. The minimum atomic E-state index is -0.238. The minimum absolute atomic E-state index is 0.238. The van der Waals surface area contributed by atoms with Crippen LogP contribution in [0.2, 0.25) is 0 Å². The smallest absolute Gasteiger partial charge is 0.222 e. The van der Waals surface area contributed by atoms with E-state index < -0.39 is 0 Å². The van der Waals surface area contributed by atoms with E-state index in [1.807, 2.05) is 18.7 Å². The van der Waals surface area contributed by atoms with Crippen LogP contribution in [0.5, 0.6) is 0 Å². The van der Waals surface area contributed by atoms with Gasteiger partial charge in [0.2, 0.25) is 5.91 Å². The van der Waals surface area contributed by atoms with Gasteiger partial charge >= 0.3 is 0 Å². The molecule has 0 bridgehead atoms. The van der Waals surface area contributed by atoms with E-state index in [0.717, 1.165) is 39.0 Å². The standard InChI is InChI=1S/C12H25N3O/c1-12(2,13)6-5-11(16)15-8-4-7-14(3)9-10-15/h4-10,13H2,1-3H3. The Kier molecular flexibility index (Phi) is 4.74.